The minimum absolute atomic E-state index is 0.0321. The van der Waals surface area contributed by atoms with E-state index in [1.54, 1.807) is 18.2 Å². The van der Waals surface area contributed by atoms with Crippen molar-refractivity contribution in [1.82, 2.24) is 0 Å². The van der Waals surface area contributed by atoms with Crippen LogP contribution < -0.4 is 9.47 Å². The summed E-state index contributed by atoms with van der Waals surface area (Å²) >= 11 is 3.39. The van der Waals surface area contributed by atoms with Gasteiger partial charge in [0.15, 0.2) is 5.78 Å². The summed E-state index contributed by atoms with van der Waals surface area (Å²) in [5, 5.41) is 0. The molecule has 104 valence electrons. The smallest absolute Gasteiger partial charge is 0.159 e. The van der Waals surface area contributed by atoms with Crippen LogP contribution in [0, 0.1) is 0 Å². The molecule has 4 heteroatoms. The Kier molecular flexibility index (Phi) is 5.18. The van der Waals surface area contributed by atoms with Crippen molar-refractivity contribution in [2.45, 2.75) is 6.92 Å². The molecule has 0 N–H and O–H groups in total. The van der Waals surface area contributed by atoms with Gasteiger partial charge in [0.25, 0.3) is 0 Å². The van der Waals surface area contributed by atoms with E-state index in [2.05, 4.69) is 15.9 Å². The summed E-state index contributed by atoms with van der Waals surface area (Å²) < 4.78 is 11.9. The zero-order valence-corrected chi connectivity index (χ0v) is 12.7. The van der Waals surface area contributed by atoms with E-state index in [-0.39, 0.29) is 5.78 Å². The minimum Gasteiger partial charge on any atom is -0.490 e. The molecule has 0 aliphatic rings. The van der Waals surface area contributed by atoms with Crippen LogP contribution in [-0.2, 0) is 0 Å². The van der Waals surface area contributed by atoms with E-state index < -0.39 is 0 Å². The molecule has 0 saturated heterocycles. The van der Waals surface area contributed by atoms with Gasteiger partial charge in [0, 0.05) is 5.56 Å². The second kappa shape index (κ2) is 7.10. The van der Waals surface area contributed by atoms with Gasteiger partial charge in [0.2, 0.25) is 0 Å². The maximum atomic E-state index is 11.2. The van der Waals surface area contributed by atoms with Gasteiger partial charge >= 0.3 is 0 Å². The van der Waals surface area contributed by atoms with E-state index in [0.29, 0.717) is 24.5 Å². The molecule has 0 saturated carbocycles. The van der Waals surface area contributed by atoms with Crippen molar-refractivity contribution in [2.24, 2.45) is 0 Å². The van der Waals surface area contributed by atoms with Crippen LogP contribution >= 0.6 is 15.9 Å². The molecule has 0 amide bonds. The van der Waals surface area contributed by atoms with Gasteiger partial charge in [-0.25, -0.2) is 0 Å². The summed E-state index contributed by atoms with van der Waals surface area (Å²) in [7, 11) is 0. The molecule has 0 aliphatic carbocycles. The third-order valence-corrected chi connectivity index (χ3v) is 3.31. The van der Waals surface area contributed by atoms with Crippen LogP contribution in [0.3, 0.4) is 0 Å². The Balaban J connectivity index is 1.84. The molecule has 0 bridgehead atoms. The highest BCUT2D eigenvalue weighted by Crippen LogP contribution is 2.26. The lowest BCUT2D eigenvalue weighted by atomic mass is 10.1. The fourth-order valence-electron chi connectivity index (χ4n) is 1.66. The molecule has 0 aliphatic heterocycles. The summed E-state index contributed by atoms with van der Waals surface area (Å²) in [6, 6.07) is 14.9. The first-order chi connectivity index (χ1) is 9.66. The quantitative estimate of drug-likeness (QED) is 0.589. The van der Waals surface area contributed by atoms with Gasteiger partial charge in [-0.05, 0) is 53.2 Å². The van der Waals surface area contributed by atoms with E-state index in [1.807, 2.05) is 30.3 Å². The van der Waals surface area contributed by atoms with Crippen LogP contribution in [0.4, 0.5) is 0 Å². The van der Waals surface area contributed by atoms with Crippen LogP contribution in [0.1, 0.15) is 17.3 Å². The number of hydrogen-bond acceptors (Lipinski definition) is 3. The standard InChI is InChI=1S/C16H15BrO3/c1-12(18)13-7-8-16(15(17)11-13)20-10-9-19-14-5-3-2-4-6-14/h2-8,11H,9-10H2,1H3. The van der Waals surface area contributed by atoms with Crippen LogP contribution in [-0.4, -0.2) is 19.0 Å². The molecule has 0 spiro atoms. The first-order valence-corrected chi connectivity index (χ1v) is 7.07. The van der Waals surface area contributed by atoms with Gasteiger partial charge < -0.3 is 9.47 Å². The number of para-hydroxylation sites is 1. The first kappa shape index (κ1) is 14.6. The molecular formula is C16H15BrO3. The molecule has 0 atom stereocenters. The molecular weight excluding hydrogens is 320 g/mol. The Morgan fingerprint density at radius 2 is 1.75 bits per heavy atom. The van der Waals surface area contributed by atoms with Gasteiger partial charge in [-0.2, -0.15) is 0 Å². The lowest BCUT2D eigenvalue weighted by Gasteiger charge is -2.10. The number of carbonyl (C=O) groups excluding carboxylic acids is 1. The monoisotopic (exact) mass is 334 g/mol. The van der Waals surface area contributed by atoms with Crippen molar-refractivity contribution in [3.63, 3.8) is 0 Å². The normalized spacial score (nSPS) is 10.1. The molecule has 2 aromatic rings. The van der Waals surface area contributed by atoms with Gasteiger partial charge in [-0.3, -0.25) is 4.79 Å². The fourth-order valence-corrected chi connectivity index (χ4v) is 2.16. The predicted octanol–water partition coefficient (Wildman–Crippen LogP) is 4.11. The average Bonchev–Trinajstić information content (AvgIpc) is 2.46. The Morgan fingerprint density at radius 1 is 1.05 bits per heavy atom. The highest BCUT2D eigenvalue weighted by Gasteiger charge is 2.05. The number of hydrogen-bond donors (Lipinski definition) is 0. The maximum Gasteiger partial charge on any atom is 0.159 e. The maximum absolute atomic E-state index is 11.2. The van der Waals surface area contributed by atoms with Crippen molar-refractivity contribution >= 4 is 21.7 Å². The lowest BCUT2D eigenvalue weighted by Crippen LogP contribution is -2.09. The van der Waals surface area contributed by atoms with Gasteiger partial charge in [0.1, 0.15) is 24.7 Å². The van der Waals surface area contributed by atoms with E-state index >= 15 is 0 Å². The zero-order valence-electron chi connectivity index (χ0n) is 11.1. The van der Waals surface area contributed by atoms with E-state index in [4.69, 9.17) is 9.47 Å². The molecule has 0 heterocycles. The highest BCUT2D eigenvalue weighted by atomic mass is 79.9. The lowest BCUT2D eigenvalue weighted by molar-refractivity contribution is 0.101. The Labute approximate surface area is 126 Å². The molecule has 2 rings (SSSR count). The van der Waals surface area contributed by atoms with Crippen molar-refractivity contribution in [3.8, 4) is 11.5 Å². The first-order valence-electron chi connectivity index (χ1n) is 6.28. The Bertz CT molecular complexity index is 582. The van der Waals surface area contributed by atoms with Crippen molar-refractivity contribution in [2.75, 3.05) is 13.2 Å². The number of ether oxygens (including phenoxy) is 2. The number of rotatable bonds is 6. The molecule has 0 radical (unpaired) electrons. The van der Waals surface area contributed by atoms with Crippen LogP contribution in [0.5, 0.6) is 11.5 Å². The summed E-state index contributed by atoms with van der Waals surface area (Å²) in [5.74, 6) is 1.55. The number of benzene rings is 2. The molecule has 20 heavy (non-hydrogen) atoms. The second-order valence-electron chi connectivity index (χ2n) is 4.21. The molecule has 2 aromatic carbocycles. The number of carbonyl (C=O) groups is 1. The third-order valence-electron chi connectivity index (χ3n) is 2.69. The Morgan fingerprint density at radius 3 is 2.40 bits per heavy atom. The number of halogens is 1. The zero-order chi connectivity index (χ0) is 14.4. The fraction of sp³-hybridized carbons (Fsp3) is 0.188. The highest BCUT2D eigenvalue weighted by molar-refractivity contribution is 9.10. The topological polar surface area (TPSA) is 35.5 Å². The average molecular weight is 335 g/mol. The van der Waals surface area contributed by atoms with E-state index in [1.165, 1.54) is 6.92 Å². The van der Waals surface area contributed by atoms with Crippen molar-refractivity contribution in [3.05, 3.63) is 58.6 Å². The van der Waals surface area contributed by atoms with Crippen molar-refractivity contribution in [1.29, 1.82) is 0 Å². The van der Waals surface area contributed by atoms with Gasteiger partial charge in [-0.1, -0.05) is 18.2 Å². The molecule has 0 fully saturated rings. The SMILES string of the molecule is CC(=O)c1ccc(OCCOc2ccccc2)c(Br)c1. The number of ketones is 1. The van der Waals surface area contributed by atoms with Gasteiger partial charge in [0.05, 0.1) is 4.47 Å². The summed E-state index contributed by atoms with van der Waals surface area (Å²) in [6.45, 7) is 2.44. The summed E-state index contributed by atoms with van der Waals surface area (Å²) in [6.07, 6.45) is 0. The predicted molar refractivity (Wildman–Crippen MR) is 81.6 cm³/mol. The third kappa shape index (κ3) is 4.10. The van der Waals surface area contributed by atoms with E-state index in [0.717, 1.165) is 10.2 Å². The Hall–Kier alpha value is -1.81. The van der Waals surface area contributed by atoms with Crippen LogP contribution in [0.15, 0.2) is 53.0 Å². The molecule has 0 aromatic heterocycles. The second-order valence-corrected chi connectivity index (χ2v) is 5.07. The molecule has 3 nitrogen and oxygen atoms in total. The molecule has 0 unspecified atom stereocenters. The van der Waals surface area contributed by atoms with Gasteiger partial charge in [-0.15, -0.1) is 0 Å². The summed E-state index contributed by atoms with van der Waals surface area (Å²) in [4.78, 5) is 11.2. The van der Waals surface area contributed by atoms with Crippen LogP contribution in [0.25, 0.3) is 0 Å². The van der Waals surface area contributed by atoms with E-state index in [9.17, 15) is 4.79 Å². The largest absolute Gasteiger partial charge is 0.490 e. The van der Waals surface area contributed by atoms with Crippen molar-refractivity contribution < 1.29 is 14.3 Å². The number of Topliss-reactive ketones (excluding diaryl/α,β-unsaturated/α-hetero) is 1. The minimum atomic E-state index is 0.0321. The van der Waals surface area contributed by atoms with Crippen LogP contribution in [0.2, 0.25) is 0 Å². The summed E-state index contributed by atoms with van der Waals surface area (Å²) in [5.41, 5.74) is 0.657.